The molecule has 0 N–H and O–H groups in total. The Morgan fingerprint density at radius 3 is 2.77 bits per heavy atom. The Labute approximate surface area is 132 Å². The summed E-state index contributed by atoms with van der Waals surface area (Å²) in [7, 11) is 0. The summed E-state index contributed by atoms with van der Waals surface area (Å²) in [4.78, 5) is 2.46. The topological polar surface area (TPSA) is 40.2 Å². The van der Waals surface area contributed by atoms with Crippen molar-refractivity contribution in [2.45, 2.75) is 18.9 Å². The summed E-state index contributed by atoms with van der Waals surface area (Å²) in [6.07, 6.45) is 2.25. The van der Waals surface area contributed by atoms with E-state index in [2.05, 4.69) is 4.90 Å². The molecule has 3 rings (SSSR count). The second-order valence-corrected chi connectivity index (χ2v) is 5.73. The van der Waals surface area contributed by atoms with E-state index in [4.69, 9.17) is 18.9 Å². The molecule has 2 aliphatic heterocycles. The van der Waals surface area contributed by atoms with Gasteiger partial charge in [-0.05, 0) is 31.5 Å². The van der Waals surface area contributed by atoms with Crippen LogP contribution in [0.4, 0.5) is 0 Å². The van der Waals surface area contributed by atoms with Crippen LogP contribution in [-0.4, -0.2) is 63.7 Å². The Balaban J connectivity index is 1.25. The molecule has 0 amide bonds. The van der Waals surface area contributed by atoms with Gasteiger partial charge in [0.05, 0.1) is 19.8 Å². The number of para-hydroxylation sites is 2. The summed E-state index contributed by atoms with van der Waals surface area (Å²) in [6, 6.07) is 7.77. The van der Waals surface area contributed by atoms with Gasteiger partial charge in [0.15, 0.2) is 17.6 Å². The lowest BCUT2D eigenvalue weighted by Gasteiger charge is -2.27. The predicted octanol–water partition coefficient (Wildman–Crippen LogP) is 1.96. The van der Waals surface area contributed by atoms with E-state index in [1.165, 1.54) is 6.42 Å². The second kappa shape index (κ2) is 8.36. The molecule has 22 heavy (non-hydrogen) atoms. The van der Waals surface area contributed by atoms with Crippen LogP contribution in [-0.2, 0) is 9.47 Å². The fourth-order valence-electron chi connectivity index (χ4n) is 2.72. The molecular weight excluding hydrogens is 282 g/mol. The number of hydrogen-bond donors (Lipinski definition) is 0. The average molecular weight is 307 g/mol. The van der Waals surface area contributed by atoms with Crippen molar-refractivity contribution in [2.24, 2.45) is 0 Å². The summed E-state index contributed by atoms with van der Waals surface area (Å²) in [5.74, 6) is 1.64. The molecule has 0 radical (unpaired) electrons. The Morgan fingerprint density at radius 2 is 1.91 bits per heavy atom. The van der Waals surface area contributed by atoms with Crippen LogP contribution in [0.1, 0.15) is 12.8 Å². The first-order valence-corrected chi connectivity index (χ1v) is 8.18. The van der Waals surface area contributed by atoms with Gasteiger partial charge >= 0.3 is 0 Å². The molecule has 0 spiro atoms. The lowest BCUT2D eigenvalue weighted by atomic mass is 10.2. The number of nitrogens with zero attached hydrogens (tertiary/aromatic N) is 1. The standard InChI is InChI=1S/C17H25NO4/c1-2-6-17-16(5-1)21-14-15(22-17)13-20-10-4-3-7-18-8-11-19-12-9-18/h1-2,5-6,15H,3-4,7-14H2. The van der Waals surface area contributed by atoms with Crippen LogP contribution >= 0.6 is 0 Å². The molecule has 0 saturated carbocycles. The van der Waals surface area contributed by atoms with Crippen molar-refractivity contribution in [3.63, 3.8) is 0 Å². The third-order valence-electron chi connectivity index (χ3n) is 3.99. The van der Waals surface area contributed by atoms with E-state index in [9.17, 15) is 0 Å². The van der Waals surface area contributed by atoms with Gasteiger partial charge in [-0.25, -0.2) is 0 Å². The molecule has 5 nitrogen and oxygen atoms in total. The summed E-state index contributed by atoms with van der Waals surface area (Å²) < 4.78 is 22.6. The van der Waals surface area contributed by atoms with Crippen molar-refractivity contribution >= 4 is 0 Å². The first-order chi connectivity index (χ1) is 10.9. The minimum Gasteiger partial charge on any atom is -0.486 e. The fraction of sp³-hybridized carbons (Fsp3) is 0.647. The Morgan fingerprint density at radius 1 is 1.09 bits per heavy atom. The quantitative estimate of drug-likeness (QED) is 0.720. The van der Waals surface area contributed by atoms with Gasteiger partial charge in [0.25, 0.3) is 0 Å². The zero-order valence-electron chi connectivity index (χ0n) is 13.0. The van der Waals surface area contributed by atoms with Crippen molar-refractivity contribution < 1.29 is 18.9 Å². The molecule has 0 aromatic heterocycles. The third kappa shape index (κ3) is 4.60. The highest BCUT2D eigenvalue weighted by Crippen LogP contribution is 2.30. The van der Waals surface area contributed by atoms with Gasteiger partial charge in [-0.2, -0.15) is 0 Å². The molecule has 2 aliphatic rings. The van der Waals surface area contributed by atoms with Gasteiger partial charge in [0.1, 0.15) is 6.61 Å². The van der Waals surface area contributed by atoms with Crippen molar-refractivity contribution in [2.75, 3.05) is 52.7 Å². The van der Waals surface area contributed by atoms with Crippen LogP contribution in [0.15, 0.2) is 24.3 Å². The molecule has 2 heterocycles. The van der Waals surface area contributed by atoms with Crippen LogP contribution in [0.3, 0.4) is 0 Å². The summed E-state index contributed by atoms with van der Waals surface area (Å²) in [5, 5.41) is 0. The Kier molecular flexibility index (Phi) is 5.93. The van der Waals surface area contributed by atoms with E-state index < -0.39 is 0 Å². The van der Waals surface area contributed by atoms with Gasteiger partial charge in [-0.3, -0.25) is 4.90 Å². The molecule has 1 aromatic rings. The molecule has 1 saturated heterocycles. The monoisotopic (exact) mass is 307 g/mol. The summed E-state index contributed by atoms with van der Waals surface area (Å²) in [5.41, 5.74) is 0. The number of unbranched alkanes of at least 4 members (excludes halogenated alkanes) is 1. The molecule has 0 aliphatic carbocycles. The predicted molar refractivity (Wildman–Crippen MR) is 83.7 cm³/mol. The molecule has 1 fully saturated rings. The smallest absolute Gasteiger partial charge is 0.161 e. The lowest BCUT2D eigenvalue weighted by molar-refractivity contribution is 0.00596. The SMILES string of the molecule is c1ccc2c(c1)OCC(COCCCCN1CCOCC1)O2. The van der Waals surface area contributed by atoms with E-state index in [0.29, 0.717) is 13.2 Å². The molecular formula is C17H25NO4. The lowest BCUT2D eigenvalue weighted by Crippen LogP contribution is -2.37. The molecule has 122 valence electrons. The highest BCUT2D eigenvalue weighted by atomic mass is 16.6. The number of hydrogen-bond acceptors (Lipinski definition) is 5. The minimum atomic E-state index is -0.00542. The molecule has 5 heteroatoms. The van der Waals surface area contributed by atoms with Gasteiger partial charge in [-0.15, -0.1) is 0 Å². The van der Waals surface area contributed by atoms with Crippen LogP contribution in [0.2, 0.25) is 0 Å². The summed E-state index contributed by atoms with van der Waals surface area (Å²) in [6.45, 7) is 6.95. The number of rotatable bonds is 7. The zero-order chi connectivity index (χ0) is 15.0. The normalized spacial score (nSPS) is 21.7. The van der Waals surface area contributed by atoms with E-state index in [1.54, 1.807) is 0 Å². The van der Waals surface area contributed by atoms with Gasteiger partial charge < -0.3 is 18.9 Å². The van der Waals surface area contributed by atoms with E-state index in [0.717, 1.165) is 57.4 Å². The van der Waals surface area contributed by atoms with Crippen LogP contribution in [0.25, 0.3) is 0 Å². The summed E-state index contributed by atoms with van der Waals surface area (Å²) >= 11 is 0. The largest absolute Gasteiger partial charge is 0.486 e. The molecule has 1 unspecified atom stereocenters. The maximum Gasteiger partial charge on any atom is 0.161 e. The second-order valence-electron chi connectivity index (χ2n) is 5.73. The number of ether oxygens (including phenoxy) is 4. The molecule has 1 atom stereocenters. The van der Waals surface area contributed by atoms with E-state index in [-0.39, 0.29) is 6.10 Å². The van der Waals surface area contributed by atoms with Gasteiger partial charge in [-0.1, -0.05) is 12.1 Å². The highest BCUT2D eigenvalue weighted by molar-refractivity contribution is 5.40. The molecule has 0 bridgehead atoms. The fourth-order valence-corrected chi connectivity index (χ4v) is 2.72. The first kappa shape index (κ1) is 15.6. The van der Waals surface area contributed by atoms with Gasteiger partial charge in [0, 0.05) is 19.7 Å². The maximum absolute atomic E-state index is 5.86. The van der Waals surface area contributed by atoms with E-state index in [1.807, 2.05) is 24.3 Å². The van der Waals surface area contributed by atoms with Crippen LogP contribution in [0.5, 0.6) is 11.5 Å². The van der Waals surface area contributed by atoms with Crippen LogP contribution < -0.4 is 9.47 Å². The zero-order valence-corrected chi connectivity index (χ0v) is 13.0. The van der Waals surface area contributed by atoms with E-state index >= 15 is 0 Å². The van der Waals surface area contributed by atoms with Crippen molar-refractivity contribution in [1.82, 2.24) is 4.90 Å². The number of benzene rings is 1. The minimum absolute atomic E-state index is 0.00542. The van der Waals surface area contributed by atoms with Crippen molar-refractivity contribution in [3.8, 4) is 11.5 Å². The Bertz CT molecular complexity index is 448. The highest BCUT2D eigenvalue weighted by Gasteiger charge is 2.20. The Hall–Kier alpha value is -1.30. The molecule has 1 aromatic carbocycles. The number of fused-ring (bicyclic) bond motifs is 1. The van der Waals surface area contributed by atoms with Crippen molar-refractivity contribution in [3.05, 3.63) is 24.3 Å². The van der Waals surface area contributed by atoms with Gasteiger partial charge in [0.2, 0.25) is 0 Å². The van der Waals surface area contributed by atoms with Crippen molar-refractivity contribution in [1.29, 1.82) is 0 Å². The maximum atomic E-state index is 5.86. The average Bonchev–Trinajstić information content (AvgIpc) is 2.59. The third-order valence-corrected chi connectivity index (χ3v) is 3.99. The van der Waals surface area contributed by atoms with Crippen LogP contribution in [0, 0.1) is 0 Å². The number of morpholine rings is 1. The first-order valence-electron chi connectivity index (χ1n) is 8.18.